The molecule has 1 N–H and O–H groups in total. The van der Waals surface area contributed by atoms with E-state index in [9.17, 15) is 9.18 Å². The Morgan fingerprint density at radius 3 is 2.76 bits per heavy atom. The monoisotopic (exact) mass is 359 g/mol. The molecule has 1 heterocycles. The predicted octanol–water partition coefficient (Wildman–Crippen LogP) is 4.76. The summed E-state index contributed by atoms with van der Waals surface area (Å²) in [5, 5.41) is 3.31. The fourth-order valence-electron chi connectivity index (χ4n) is 2.73. The first kappa shape index (κ1) is 17.4. The molecule has 1 aromatic heterocycles. The number of benzene rings is 2. The van der Waals surface area contributed by atoms with E-state index >= 15 is 0 Å². The number of rotatable bonds is 5. The molecule has 25 heavy (non-hydrogen) atoms. The maximum absolute atomic E-state index is 14.2. The lowest BCUT2D eigenvalue weighted by Crippen LogP contribution is -2.13. The zero-order valence-corrected chi connectivity index (χ0v) is 15.0. The summed E-state index contributed by atoms with van der Waals surface area (Å²) < 4.78 is 25.4. The van der Waals surface area contributed by atoms with Gasteiger partial charge in [-0.1, -0.05) is 12.1 Å². The third-order valence-corrected chi connectivity index (χ3v) is 5.06. The van der Waals surface area contributed by atoms with Crippen LogP contribution in [0.5, 0.6) is 5.75 Å². The maximum Gasteiger partial charge on any atom is 0.266 e. The number of nitrogens with one attached hydrogen (secondary N) is 1. The Morgan fingerprint density at radius 2 is 2.04 bits per heavy atom. The summed E-state index contributed by atoms with van der Waals surface area (Å²) in [6, 6.07) is 10.4. The van der Waals surface area contributed by atoms with Crippen LogP contribution in [0, 0.1) is 12.7 Å². The van der Waals surface area contributed by atoms with Crippen LogP contribution in [0.3, 0.4) is 0 Å². The number of hydrogen-bond acceptors (Lipinski definition) is 4. The quantitative estimate of drug-likeness (QED) is 0.715. The largest absolute Gasteiger partial charge is 0.495 e. The Kier molecular flexibility index (Phi) is 5.01. The highest BCUT2D eigenvalue weighted by atomic mass is 32.1. The predicted molar refractivity (Wildman–Crippen MR) is 98.2 cm³/mol. The van der Waals surface area contributed by atoms with E-state index < -0.39 is 0 Å². The number of halogens is 1. The van der Waals surface area contributed by atoms with E-state index in [4.69, 9.17) is 9.47 Å². The summed E-state index contributed by atoms with van der Waals surface area (Å²) in [5.74, 6) is -0.0935. The summed E-state index contributed by atoms with van der Waals surface area (Å²) in [4.78, 5) is 13.3. The Labute approximate surface area is 149 Å². The van der Waals surface area contributed by atoms with Crippen molar-refractivity contribution in [3.63, 3.8) is 0 Å². The number of carbonyl (C=O) groups is 1. The number of carbonyl (C=O) groups excluding carboxylic acids is 1. The minimum atomic E-state index is -0.354. The smallest absolute Gasteiger partial charge is 0.266 e. The van der Waals surface area contributed by atoms with Crippen molar-refractivity contribution >= 4 is 33.0 Å². The molecule has 0 radical (unpaired) electrons. The Bertz CT molecular complexity index is 936. The number of amides is 1. The Morgan fingerprint density at radius 1 is 1.24 bits per heavy atom. The van der Waals surface area contributed by atoms with Gasteiger partial charge < -0.3 is 14.8 Å². The second kappa shape index (κ2) is 7.21. The van der Waals surface area contributed by atoms with Crippen LogP contribution < -0.4 is 10.1 Å². The Balaban J connectivity index is 2.04. The van der Waals surface area contributed by atoms with Crippen molar-refractivity contribution in [1.29, 1.82) is 0 Å². The molecule has 0 spiro atoms. The van der Waals surface area contributed by atoms with E-state index in [1.807, 2.05) is 19.1 Å². The molecule has 0 saturated carbocycles. The first-order valence-corrected chi connectivity index (χ1v) is 8.51. The van der Waals surface area contributed by atoms with Gasteiger partial charge in [0.05, 0.1) is 24.3 Å². The van der Waals surface area contributed by atoms with Crippen LogP contribution in [0.2, 0.25) is 0 Å². The molecule has 0 aliphatic carbocycles. The fraction of sp³-hybridized carbons (Fsp3) is 0.211. The highest BCUT2D eigenvalue weighted by Crippen LogP contribution is 2.35. The minimum Gasteiger partial charge on any atom is -0.495 e. The van der Waals surface area contributed by atoms with Gasteiger partial charge in [0.2, 0.25) is 0 Å². The lowest BCUT2D eigenvalue weighted by molar-refractivity contribution is 0.102. The van der Waals surface area contributed by atoms with Crippen molar-refractivity contribution in [3.8, 4) is 5.75 Å². The molecular weight excluding hydrogens is 341 g/mol. The SMILES string of the molecule is COCc1c(C(=O)Nc2cc(C)ccc2OC)sc2cccc(F)c12. The van der Waals surface area contributed by atoms with Crippen LogP contribution in [0.4, 0.5) is 10.1 Å². The molecular formula is C19H18FNO3S. The molecule has 0 aliphatic heterocycles. The summed E-state index contributed by atoms with van der Waals surface area (Å²) in [5.41, 5.74) is 2.13. The second-order valence-corrected chi connectivity index (χ2v) is 6.67. The topological polar surface area (TPSA) is 47.6 Å². The van der Waals surface area contributed by atoms with Crippen LogP contribution >= 0.6 is 11.3 Å². The lowest BCUT2D eigenvalue weighted by Gasteiger charge is -2.11. The molecule has 2 aromatic carbocycles. The average Bonchev–Trinajstić information content (AvgIpc) is 2.95. The normalized spacial score (nSPS) is 10.9. The van der Waals surface area contributed by atoms with Crippen molar-refractivity contribution < 1.29 is 18.7 Å². The van der Waals surface area contributed by atoms with Crippen LogP contribution in [0.25, 0.3) is 10.1 Å². The number of anilines is 1. The van der Waals surface area contributed by atoms with Crippen molar-refractivity contribution in [1.82, 2.24) is 0 Å². The zero-order chi connectivity index (χ0) is 18.0. The van der Waals surface area contributed by atoms with Crippen LogP contribution in [-0.2, 0) is 11.3 Å². The summed E-state index contributed by atoms with van der Waals surface area (Å²) in [7, 11) is 3.07. The first-order chi connectivity index (χ1) is 12.0. The number of methoxy groups -OCH3 is 2. The molecule has 6 heteroatoms. The molecule has 1 amide bonds. The van der Waals surface area contributed by atoms with Gasteiger partial charge in [-0.15, -0.1) is 11.3 Å². The second-order valence-electron chi connectivity index (χ2n) is 5.61. The molecule has 0 fully saturated rings. The molecule has 3 aromatic rings. The van der Waals surface area contributed by atoms with Gasteiger partial charge in [-0.25, -0.2) is 4.39 Å². The number of fused-ring (bicyclic) bond motifs is 1. The molecule has 0 bridgehead atoms. The van der Waals surface area contributed by atoms with E-state index in [0.29, 0.717) is 32.0 Å². The highest BCUT2D eigenvalue weighted by Gasteiger charge is 2.21. The molecule has 0 unspecified atom stereocenters. The average molecular weight is 359 g/mol. The van der Waals surface area contributed by atoms with Gasteiger partial charge >= 0.3 is 0 Å². The Hall–Kier alpha value is -2.44. The molecule has 130 valence electrons. The minimum absolute atomic E-state index is 0.161. The van der Waals surface area contributed by atoms with Gasteiger partial charge in [0.25, 0.3) is 5.91 Å². The molecule has 0 saturated heterocycles. The molecule has 3 rings (SSSR count). The van der Waals surface area contributed by atoms with Gasteiger partial charge in [0, 0.05) is 22.8 Å². The van der Waals surface area contributed by atoms with Gasteiger partial charge in [0.15, 0.2) is 0 Å². The third kappa shape index (κ3) is 3.36. The third-order valence-electron chi connectivity index (χ3n) is 3.86. The van der Waals surface area contributed by atoms with Gasteiger partial charge in [-0.2, -0.15) is 0 Å². The van der Waals surface area contributed by atoms with E-state index in [-0.39, 0.29) is 18.3 Å². The summed E-state index contributed by atoms with van der Waals surface area (Å²) in [6.45, 7) is 2.09. The van der Waals surface area contributed by atoms with E-state index in [2.05, 4.69) is 5.32 Å². The van der Waals surface area contributed by atoms with Gasteiger partial charge in [-0.05, 0) is 36.8 Å². The number of aryl methyl sites for hydroxylation is 1. The summed E-state index contributed by atoms with van der Waals surface area (Å²) in [6.07, 6.45) is 0. The number of thiophene rings is 1. The standard InChI is InChI=1S/C19H18FNO3S/c1-11-7-8-15(24-3)14(9-11)21-19(22)18-12(10-23-2)17-13(20)5-4-6-16(17)25-18/h4-9H,10H2,1-3H3,(H,21,22). The molecule has 0 atom stereocenters. The highest BCUT2D eigenvalue weighted by molar-refractivity contribution is 7.21. The van der Waals surface area contributed by atoms with E-state index in [0.717, 1.165) is 5.56 Å². The van der Waals surface area contributed by atoms with Crippen LogP contribution in [-0.4, -0.2) is 20.1 Å². The maximum atomic E-state index is 14.2. The van der Waals surface area contributed by atoms with E-state index in [1.165, 1.54) is 24.5 Å². The lowest BCUT2D eigenvalue weighted by atomic mass is 10.1. The van der Waals surface area contributed by atoms with Crippen molar-refractivity contribution in [2.24, 2.45) is 0 Å². The van der Waals surface area contributed by atoms with Crippen molar-refractivity contribution in [3.05, 3.63) is 58.2 Å². The van der Waals surface area contributed by atoms with Crippen LogP contribution in [0.15, 0.2) is 36.4 Å². The summed E-state index contributed by atoms with van der Waals surface area (Å²) >= 11 is 1.25. The number of ether oxygens (including phenoxy) is 2. The molecule has 0 aliphatic rings. The van der Waals surface area contributed by atoms with Gasteiger partial charge in [-0.3, -0.25) is 4.79 Å². The van der Waals surface area contributed by atoms with Crippen LogP contribution in [0.1, 0.15) is 20.8 Å². The zero-order valence-electron chi connectivity index (χ0n) is 14.2. The van der Waals surface area contributed by atoms with Crippen molar-refractivity contribution in [2.75, 3.05) is 19.5 Å². The van der Waals surface area contributed by atoms with Crippen molar-refractivity contribution in [2.45, 2.75) is 13.5 Å². The van der Waals surface area contributed by atoms with Gasteiger partial charge in [0.1, 0.15) is 11.6 Å². The first-order valence-electron chi connectivity index (χ1n) is 7.70. The van der Waals surface area contributed by atoms with E-state index in [1.54, 1.807) is 25.3 Å². The molecule has 4 nitrogen and oxygen atoms in total. The number of hydrogen-bond donors (Lipinski definition) is 1. The fourth-order valence-corrected chi connectivity index (χ4v) is 3.85.